The van der Waals surface area contributed by atoms with Crippen LogP contribution in [0.3, 0.4) is 0 Å². The average molecular weight is 320 g/mol. The Balaban J connectivity index is 1.79. The standard InChI is InChI=1S/C13H16N6O2S/c1-9(2)19-13(16-17-18-19)22-8-11(20)14-15-12(21)10-6-4-3-5-7-10/h3-7,9H,8H2,1-2H3,(H,14,20)(H,15,21). The number of hydrogen-bond donors (Lipinski definition) is 2. The molecule has 0 saturated heterocycles. The average Bonchev–Trinajstić information content (AvgIpc) is 3.00. The van der Waals surface area contributed by atoms with Crippen molar-refractivity contribution in [3.63, 3.8) is 0 Å². The number of hydrazine groups is 1. The van der Waals surface area contributed by atoms with Crippen molar-refractivity contribution in [3.8, 4) is 0 Å². The summed E-state index contributed by atoms with van der Waals surface area (Å²) in [5.74, 6) is -0.610. The van der Waals surface area contributed by atoms with E-state index in [4.69, 9.17) is 0 Å². The summed E-state index contributed by atoms with van der Waals surface area (Å²) in [5.41, 5.74) is 5.18. The molecule has 22 heavy (non-hydrogen) atoms. The van der Waals surface area contributed by atoms with Crippen LogP contribution in [0.25, 0.3) is 0 Å². The molecule has 0 atom stereocenters. The van der Waals surface area contributed by atoms with Crippen LogP contribution in [0.5, 0.6) is 0 Å². The highest BCUT2D eigenvalue weighted by molar-refractivity contribution is 7.99. The quantitative estimate of drug-likeness (QED) is 0.624. The first-order valence-electron chi connectivity index (χ1n) is 6.63. The molecular formula is C13H16N6O2S. The number of aromatic nitrogens is 4. The van der Waals surface area contributed by atoms with Gasteiger partial charge < -0.3 is 0 Å². The molecule has 2 aromatic rings. The first-order chi connectivity index (χ1) is 10.6. The summed E-state index contributed by atoms with van der Waals surface area (Å²) in [6, 6.07) is 8.74. The summed E-state index contributed by atoms with van der Waals surface area (Å²) in [6.07, 6.45) is 0. The van der Waals surface area contributed by atoms with Crippen LogP contribution >= 0.6 is 11.8 Å². The summed E-state index contributed by atoms with van der Waals surface area (Å²) in [5, 5.41) is 11.8. The fourth-order valence-corrected chi connectivity index (χ4v) is 2.37. The lowest BCUT2D eigenvalue weighted by atomic mass is 10.2. The summed E-state index contributed by atoms with van der Waals surface area (Å²) >= 11 is 1.20. The van der Waals surface area contributed by atoms with E-state index in [1.807, 2.05) is 19.9 Å². The van der Waals surface area contributed by atoms with Crippen LogP contribution < -0.4 is 10.9 Å². The second-order valence-corrected chi connectivity index (χ2v) is 5.60. The molecule has 0 spiro atoms. The number of benzene rings is 1. The molecule has 2 rings (SSSR count). The molecule has 0 radical (unpaired) electrons. The van der Waals surface area contributed by atoms with Crippen LogP contribution in [0, 0.1) is 0 Å². The second-order valence-electron chi connectivity index (χ2n) is 4.66. The first kappa shape index (κ1) is 16.0. The third-order valence-electron chi connectivity index (χ3n) is 2.64. The van der Waals surface area contributed by atoms with Gasteiger partial charge in [-0.3, -0.25) is 20.4 Å². The maximum absolute atomic E-state index is 11.8. The second kappa shape index (κ2) is 7.55. The van der Waals surface area contributed by atoms with Gasteiger partial charge in [-0.1, -0.05) is 30.0 Å². The topological polar surface area (TPSA) is 102 Å². The zero-order valence-electron chi connectivity index (χ0n) is 12.2. The van der Waals surface area contributed by atoms with Gasteiger partial charge in [0.15, 0.2) is 0 Å². The van der Waals surface area contributed by atoms with Gasteiger partial charge in [0.05, 0.1) is 11.8 Å². The first-order valence-corrected chi connectivity index (χ1v) is 7.61. The molecule has 0 aliphatic carbocycles. The molecule has 0 saturated carbocycles. The van der Waals surface area contributed by atoms with E-state index in [9.17, 15) is 9.59 Å². The molecule has 8 nitrogen and oxygen atoms in total. The van der Waals surface area contributed by atoms with Gasteiger partial charge in [0.25, 0.3) is 5.91 Å². The van der Waals surface area contributed by atoms with E-state index in [0.717, 1.165) is 0 Å². The van der Waals surface area contributed by atoms with E-state index in [2.05, 4.69) is 26.4 Å². The van der Waals surface area contributed by atoms with Gasteiger partial charge in [-0.15, -0.1) is 5.10 Å². The molecule has 0 bridgehead atoms. The third kappa shape index (κ3) is 4.29. The number of rotatable bonds is 5. The van der Waals surface area contributed by atoms with Crippen LogP contribution in [0.15, 0.2) is 35.5 Å². The molecule has 0 aliphatic rings. The van der Waals surface area contributed by atoms with Crippen molar-refractivity contribution < 1.29 is 9.59 Å². The SMILES string of the molecule is CC(C)n1nnnc1SCC(=O)NNC(=O)c1ccccc1. The van der Waals surface area contributed by atoms with Gasteiger partial charge in [-0.25, -0.2) is 4.68 Å². The lowest BCUT2D eigenvalue weighted by Crippen LogP contribution is -2.42. The van der Waals surface area contributed by atoms with Crippen LogP contribution in [-0.2, 0) is 4.79 Å². The third-order valence-corrected chi connectivity index (χ3v) is 3.57. The molecule has 2 amide bonds. The summed E-state index contributed by atoms with van der Waals surface area (Å²) < 4.78 is 1.63. The van der Waals surface area contributed by atoms with Gasteiger partial charge in [0.2, 0.25) is 11.1 Å². The van der Waals surface area contributed by atoms with Crippen molar-refractivity contribution in [2.75, 3.05) is 5.75 Å². The lowest BCUT2D eigenvalue weighted by molar-refractivity contribution is -0.119. The molecule has 1 heterocycles. The minimum atomic E-state index is -0.369. The Hall–Kier alpha value is -2.42. The molecule has 116 valence electrons. The van der Waals surface area contributed by atoms with E-state index in [0.29, 0.717) is 10.7 Å². The fourth-order valence-electron chi connectivity index (χ4n) is 1.56. The van der Waals surface area contributed by atoms with Crippen LogP contribution in [0.1, 0.15) is 30.2 Å². The highest BCUT2D eigenvalue weighted by Crippen LogP contribution is 2.16. The zero-order chi connectivity index (χ0) is 15.9. The van der Waals surface area contributed by atoms with Gasteiger partial charge in [-0.05, 0) is 36.4 Å². The molecule has 9 heteroatoms. The van der Waals surface area contributed by atoms with E-state index >= 15 is 0 Å². The molecule has 0 unspecified atom stereocenters. The van der Waals surface area contributed by atoms with Crippen LogP contribution in [0.2, 0.25) is 0 Å². The van der Waals surface area contributed by atoms with Crippen LogP contribution in [-0.4, -0.2) is 37.8 Å². The number of carbonyl (C=O) groups excluding carboxylic acids is 2. The summed E-state index contributed by atoms with van der Waals surface area (Å²) in [6.45, 7) is 3.89. The Bertz CT molecular complexity index is 643. The van der Waals surface area contributed by atoms with Gasteiger partial charge in [0, 0.05) is 5.56 Å². The minimum absolute atomic E-state index is 0.0994. The maximum atomic E-state index is 11.8. The number of carbonyl (C=O) groups is 2. The van der Waals surface area contributed by atoms with Crippen molar-refractivity contribution in [1.29, 1.82) is 0 Å². The number of tetrazole rings is 1. The Morgan fingerprint density at radius 1 is 1.23 bits per heavy atom. The Kier molecular flexibility index (Phi) is 5.48. The number of amides is 2. The van der Waals surface area contributed by atoms with Gasteiger partial charge in [-0.2, -0.15) is 0 Å². The highest BCUT2D eigenvalue weighted by atomic mass is 32.2. The van der Waals surface area contributed by atoms with E-state index < -0.39 is 0 Å². The Morgan fingerprint density at radius 2 is 1.95 bits per heavy atom. The predicted molar refractivity (Wildman–Crippen MR) is 81.0 cm³/mol. The van der Waals surface area contributed by atoms with Gasteiger partial charge in [0.1, 0.15) is 0 Å². The fraction of sp³-hybridized carbons (Fsp3) is 0.308. The predicted octanol–water partition coefficient (Wildman–Crippen LogP) is 0.807. The van der Waals surface area contributed by atoms with Crippen molar-refractivity contribution in [2.24, 2.45) is 0 Å². The Morgan fingerprint density at radius 3 is 2.64 bits per heavy atom. The zero-order valence-corrected chi connectivity index (χ0v) is 13.0. The summed E-state index contributed by atoms with van der Waals surface area (Å²) in [7, 11) is 0. The molecule has 0 aliphatic heterocycles. The molecular weight excluding hydrogens is 304 g/mol. The maximum Gasteiger partial charge on any atom is 0.269 e. The van der Waals surface area contributed by atoms with E-state index in [-0.39, 0.29) is 23.6 Å². The normalized spacial score (nSPS) is 10.5. The van der Waals surface area contributed by atoms with E-state index in [1.54, 1.807) is 28.9 Å². The number of nitrogens with zero attached hydrogens (tertiary/aromatic N) is 4. The van der Waals surface area contributed by atoms with E-state index in [1.165, 1.54) is 11.8 Å². The number of nitrogens with one attached hydrogen (secondary N) is 2. The monoisotopic (exact) mass is 320 g/mol. The van der Waals surface area contributed by atoms with Crippen molar-refractivity contribution in [3.05, 3.63) is 35.9 Å². The number of hydrogen-bond acceptors (Lipinski definition) is 6. The Labute approximate surface area is 131 Å². The smallest absolute Gasteiger partial charge is 0.269 e. The number of thioether (sulfide) groups is 1. The largest absolute Gasteiger partial charge is 0.272 e. The summed E-state index contributed by atoms with van der Waals surface area (Å²) in [4.78, 5) is 23.5. The molecule has 1 aromatic carbocycles. The van der Waals surface area contributed by atoms with Crippen LogP contribution in [0.4, 0.5) is 0 Å². The van der Waals surface area contributed by atoms with Gasteiger partial charge >= 0.3 is 0 Å². The van der Waals surface area contributed by atoms with Crippen molar-refractivity contribution in [1.82, 2.24) is 31.1 Å². The minimum Gasteiger partial charge on any atom is -0.272 e. The lowest BCUT2D eigenvalue weighted by Gasteiger charge is -2.08. The molecule has 2 N–H and O–H groups in total. The highest BCUT2D eigenvalue weighted by Gasteiger charge is 2.12. The molecule has 0 fully saturated rings. The molecule has 1 aromatic heterocycles. The van der Waals surface area contributed by atoms with Crippen molar-refractivity contribution >= 4 is 23.6 Å². The van der Waals surface area contributed by atoms with Crippen molar-refractivity contribution in [2.45, 2.75) is 25.0 Å².